The third kappa shape index (κ3) is 2.31. The Kier molecular flexibility index (Phi) is 3.15. The first-order chi connectivity index (χ1) is 8.24. The summed E-state index contributed by atoms with van der Waals surface area (Å²) in [5.41, 5.74) is 0.605. The molecule has 1 unspecified atom stereocenters. The van der Waals surface area contributed by atoms with E-state index in [1.807, 2.05) is 6.07 Å². The number of amides is 1. The Labute approximate surface area is 98.9 Å². The SMILES string of the molecule is CCC(C#N)C(=O)Nc1ccc2c(c1)OCO2. The summed E-state index contributed by atoms with van der Waals surface area (Å²) in [5, 5.41) is 11.5. The molecule has 88 valence electrons. The molecule has 0 aromatic heterocycles. The van der Waals surface area contributed by atoms with Gasteiger partial charge in [0.15, 0.2) is 11.5 Å². The zero-order chi connectivity index (χ0) is 12.3. The molecular weight excluding hydrogens is 220 g/mol. The van der Waals surface area contributed by atoms with Gasteiger partial charge >= 0.3 is 0 Å². The van der Waals surface area contributed by atoms with E-state index in [0.717, 1.165) is 0 Å². The normalized spacial score (nSPS) is 13.9. The van der Waals surface area contributed by atoms with Gasteiger partial charge < -0.3 is 14.8 Å². The van der Waals surface area contributed by atoms with Crippen molar-refractivity contribution in [1.82, 2.24) is 0 Å². The molecule has 17 heavy (non-hydrogen) atoms. The maximum Gasteiger partial charge on any atom is 0.241 e. The molecule has 0 spiro atoms. The Morgan fingerprint density at radius 1 is 1.53 bits per heavy atom. The highest BCUT2D eigenvalue weighted by Crippen LogP contribution is 2.34. The van der Waals surface area contributed by atoms with E-state index in [4.69, 9.17) is 14.7 Å². The Hall–Kier alpha value is -2.22. The van der Waals surface area contributed by atoms with Gasteiger partial charge in [-0.15, -0.1) is 0 Å². The molecule has 0 radical (unpaired) electrons. The molecule has 1 aromatic carbocycles. The number of carbonyl (C=O) groups is 1. The highest BCUT2D eigenvalue weighted by Gasteiger charge is 2.18. The Morgan fingerprint density at radius 3 is 3.00 bits per heavy atom. The fraction of sp³-hybridized carbons (Fsp3) is 0.333. The van der Waals surface area contributed by atoms with Gasteiger partial charge in [-0.25, -0.2) is 0 Å². The van der Waals surface area contributed by atoms with Crippen LogP contribution in [0.5, 0.6) is 11.5 Å². The third-order valence-electron chi connectivity index (χ3n) is 2.52. The van der Waals surface area contributed by atoms with Crippen LogP contribution in [0, 0.1) is 17.2 Å². The number of hydrogen-bond donors (Lipinski definition) is 1. The molecule has 0 saturated carbocycles. The van der Waals surface area contributed by atoms with Crippen LogP contribution in [0.4, 0.5) is 5.69 Å². The quantitative estimate of drug-likeness (QED) is 0.864. The molecule has 0 saturated heterocycles. The molecule has 0 fully saturated rings. The molecule has 0 aliphatic carbocycles. The van der Waals surface area contributed by atoms with Crippen LogP contribution in [0.2, 0.25) is 0 Å². The van der Waals surface area contributed by atoms with Gasteiger partial charge in [0, 0.05) is 11.8 Å². The topological polar surface area (TPSA) is 71.4 Å². The summed E-state index contributed by atoms with van der Waals surface area (Å²) in [5.74, 6) is 0.345. The van der Waals surface area contributed by atoms with E-state index in [2.05, 4.69) is 5.32 Å². The van der Waals surface area contributed by atoms with Crippen LogP contribution < -0.4 is 14.8 Å². The lowest BCUT2D eigenvalue weighted by atomic mass is 10.1. The molecule has 1 amide bonds. The number of fused-ring (bicyclic) bond motifs is 1. The second kappa shape index (κ2) is 4.74. The van der Waals surface area contributed by atoms with Crippen molar-refractivity contribution in [1.29, 1.82) is 5.26 Å². The molecule has 1 aromatic rings. The van der Waals surface area contributed by atoms with Crippen molar-refractivity contribution in [2.75, 3.05) is 12.1 Å². The molecule has 0 bridgehead atoms. The van der Waals surface area contributed by atoms with Gasteiger partial charge in [-0.05, 0) is 18.6 Å². The number of ether oxygens (including phenoxy) is 2. The molecular formula is C12H12N2O3. The maximum absolute atomic E-state index is 11.7. The zero-order valence-corrected chi connectivity index (χ0v) is 9.40. The van der Waals surface area contributed by atoms with Gasteiger partial charge in [-0.1, -0.05) is 6.92 Å². The van der Waals surface area contributed by atoms with Crippen molar-refractivity contribution in [2.45, 2.75) is 13.3 Å². The number of rotatable bonds is 3. The van der Waals surface area contributed by atoms with Crippen molar-refractivity contribution in [3.05, 3.63) is 18.2 Å². The summed E-state index contributed by atoms with van der Waals surface area (Å²) in [6.07, 6.45) is 0.493. The molecule has 1 N–H and O–H groups in total. The van der Waals surface area contributed by atoms with Crippen LogP contribution in [-0.2, 0) is 4.79 Å². The van der Waals surface area contributed by atoms with Crippen molar-refractivity contribution in [2.24, 2.45) is 5.92 Å². The summed E-state index contributed by atoms with van der Waals surface area (Å²) in [6.45, 7) is 2.00. The maximum atomic E-state index is 11.7. The molecule has 5 heteroatoms. The highest BCUT2D eigenvalue weighted by molar-refractivity contribution is 5.94. The number of nitrogens with one attached hydrogen (secondary N) is 1. The van der Waals surface area contributed by atoms with Gasteiger partial charge in [0.05, 0.1) is 6.07 Å². The van der Waals surface area contributed by atoms with E-state index in [1.165, 1.54) is 0 Å². The summed E-state index contributed by atoms with van der Waals surface area (Å²) in [7, 11) is 0. The second-order valence-electron chi connectivity index (χ2n) is 3.65. The summed E-state index contributed by atoms with van der Waals surface area (Å²) in [4.78, 5) is 11.7. The summed E-state index contributed by atoms with van der Waals surface area (Å²) < 4.78 is 10.4. The predicted molar refractivity (Wildman–Crippen MR) is 60.6 cm³/mol. The van der Waals surface area contributed by atoms with E-state index in [-0.39, 0.29) is 12.7 Å². The van der Waals surface area contributed by atoms with Crippen LogP contribution in [0.3, 0.4) is 0 Å². The molecule has 1 aliphatic heterocycles. The van der Waals surface area contributed by atoms with Gasteiger partial charge in [0.25, 0.3) is 0 Å². The predicted octanol–water partition coefficient (Wildman–Crippen LogP) is 1.90. The Balaban J connectivity index is 2.09. The largest absolute Gasteiger partial charge is 0.454 e. The van der Waals surface area contributed by atoms with Crippen molar-refractivity contribution >= 4 is 11.6 Å². The fourth-order valence-corrected chi connectivity index (χ4v) is 1.54. The molecule has 1 aliphatic rings. The number of nitriles is 1. The monoisotopic (exact) mass is 232 g/mol. The van der Waals surface area contributed by atoms with Crippen LogP contribution in [-0.4, -0.2) is 12.7 Å². The van der Waals surface area contributed by atoms with Gasteiger partial charge in [-0.2, -0.15) is 5.26 Å². The van der Waals surface area contributed by atoms with Crippen molar-refractivity contribution in [3.8, 4) is 17.6 Å². The first-order valence-electron chi connectivity index (χ1n) is 5.34. The van der Waals surface area contributed by atoms with E-state index in [1.54, 1.807) is 25.1 Å². The zero-order valence-electron chi connectivity index (χ0n) is 9.40. The lowest BCUT2D eigenvalue weighted by Gasteiger charge is -2.08. The van der Waals surface area contributed by atoms with Crippen molar-refractivity contribution in [3.63, 3.8) is 0 Å². The smallest absolute Gasteiger partial charge is 0.241 e. The first-order valence-corrected chi connectivity index (χ1v) is 5.34. The lowest BCUT2D eigenvalue weighted by molar-refractivity contribution is -0.118. The highest BCUT2D eigenvalue weighted by atomic mass is 16.7. The third-order valence-corrected chi connectivity index (χ3v) is 2.52. The number of nitrogens with zero attached hydrogens (tertiary/aromatic N) is 1. The number of anilines is 1. The molecule has 2 rings (SSSR count). The average molecular weight is 232 g/mol. The number of benzene rings is 1. The van der Waals surface area contributed by atoms with Gasteiger partial charge in [0.1, 0.15) is 5.92 Å². The fourth-order valence-electron chi connectivity index (χ4n) is 1.54. The van der Waals surface area contributed by atoms with E-state index >= 15 is 0 Å². The van der Waals surface area contributed by atoms with E-state index in [9.17, 15) is 4.79 Å². The minimum atomic E-state index is -0.625. The van der Waals surface area contributed by atoms with E-state index in [0.29, 0.717) is 23.6 Å². The van der Waals surface area contributed by atoms with Crippen molar-refractivity contribution < 1.29 is 14.3 Å². The lowest BCUT2D eigenvalue weighted by Crippen LogP contribution is -2.20. The molecule has 5 nitrogen and oxygen atoms in total. The van der Waals surface area contributed by atoms with Crippen LogP contribution in [0.15, 0.2) is 18.2 Å². The van der Waals surface area contributed by atoms with E-state index < -0.39 is 5.92 Å². The van der Waals surface area contributed by atoms with Gasteiger partial charge in [0.2, 0.25) is 12.7 Å². The Morgan fingerprint density at radius 2 is 2.29 bits per heavy atom. The number of carbonyl (C=O) groups excluding carboxylic acids is 1. The number of hydrogen-bond acceptors (Lipinski definition) is 4. The molecule has 1 atom stereocenters. The minimum absolute atomic E-state index is 0.197. The molecule has 1 heterocycles. The summed E-state index contributed by atoms with van der Waals surface area (Å²) >= 11 is 0. The second-order valence-corrected chi connectivity index (χ2v) is 3.65. The first kappa shape index (κ1) is 11.3. The van der Waals surface area contributed by atoms with Crippen LogP contribution in [0.25, 0.3) is 0 Å². The van der Waals surface area contributed by atoms with Crippen LogP contribution in [0.1, 0.15) is 13.3 Å². The standard InChI is InChI=1S/C12H12N2O3/c1-2-8(6-13)12(15)14-9-3-4-10-11(5-9)17-7-16-10/h3-5,8H,2,7H2,1H3,(H,14,15). The average Bonchev–Trinajstić information content (AvgIpc) is 2.77. The Bertz CT molecular complexity index is 479. The van der Waals surface area contributed by atoms with Crippen LogP contribution >= 0.6 is 0 Å². The summed E-state index contributed by atoms with van der Waals surface area (Å²) in [6, 6.07) is 7.09. The minimum Gasteiger partial charge on any atom is -0.454 e. The van der Waals surface area contributed by atoms with Gasteiger partial charge in [-0.3, -0.25) is 4.79 Å².